The zero-order valence-corrected chi connectivity index (χ0v) is 9.53. The lowest BCUT2D eigenvalue weighted by atomic mass is 9.94. The summed E-state index contributed by atoms with van der Waals surface area (Å²) >= 11 is 0. The molecule has 3 nitrogen and oxygen atoms in total. The van der Waals surface area contributed by atoms with Crippen molar-refractivity contribution in [2.45, 2.75) is 25.2 Å². The van der Waals surface area contributed by atoms with Gasteiger partial charge in [0.1, 0.15) is 5.75 Å². The van der Waals surface area contributed by atoms with E-state index >= 15 is 0 Å². The first-order chi connectivity index (χ1) is 7.81. The Morgan fingerprint density at radius 3 is 3.06 bits per heavy atom. The average Bonchev–Trinajstić information content (AvgIpc) is 2.54. The van der Waals surface area contributed by atoms with E-state index in [1.807, 2.05) is 24.3 Å². The van der Waals surface area contributed by atoms with E-state index in [2.05, 4.69) is 5.32 Å². The normalized spacial score (nSPS) is 21.1. The Balaban J connectivity index is 2.23. The third-order valence-corrected chi connectivity index (χ3v) is 3.03. The van der Waals surface area contributed by atoms with Gasteiger partial charge in [0.2, 0.25) is 5.91 Å². The molecule has 0 radical (unpaired) electrons. The molecule has 1 heterocycles. The quantitative estimate of drug-likeness (QED) is 0.827. The fourth-order valence-corrected chi connectivity index (χ4v) is 2.12. The second kappa shape index (κ2) is 5.01. The third kappa shape index (κ3) is 2.35. The molecule has 1 N–H and O–H groups in total. The van der Waals surface area contributed by atoms with Gasteiger partial charge < -0.3 is 10.1 Å². The molecule has 0 spiro atoms. The molecule has 0 aromatic heterocycles. The lowest BCUT2D eigenvalue weighted by molar-refractivity contribution is -0.122. The Kier molecular flexibility index (Phi) is 3.44. The van der Waals surface area contributed by atoms with Crippen LogP contribution in [0.25, 0.3) is 0 Å². The van der Waals surface area contributed by atoms with Gasteiger partial charge in [-0.1, -0.05) is 18.6 Å². The van der Waals surface area contributed by atoms with Crippen LogP contribution in [-0.2, 0) is 4.79 Å². The van der Waals surface area contributed by atoms with Gasteiger partial charge >= 0.3 is 0 Å². The minimum Gasteiger partial charge on any atom is -0.497 e. The Morgan fingerprint density at radius 2 is 2.25 bits per heavy atom. The van der Waals surface area contributed by atoms with E-state index in [1.54, 1.807) is 7.11 Å². The Morgan fingerprint density at radius 1 is 1.38 bits per heavy atom. The van der Waals surface area contributed by atoms with Crippen molar-refractivity contribution in [2.75, 3.05) is 13.7 Å². The zero-order chi connectivity index (χ0) is 11.4. The van der Waals surface area contributed by atoms with Crippen LogP contribution in [0.2, 0.25) is 0 Å². The fourth-order valence-electron chi connectivity index (χ4n) is 2.12. The summed E-state index contributed by atoms with van der Waals surface area (Å²) in [5, 5.41) is 2.95. The van der Waals surface area contributed by atoms with Crippen molar-refractivity contribution < 1.29 is 9.53 Å². The van der Waals surface area contributed by atoms with Crippen molar-refractivity contribution in [3.8, 4) is 5.75 Å². The van der Waals surface area contributed by atoms with Gasteiger partial charge in [0.25, 0.3) is 0 Å². The van der Waals surface area contributed by atoms with Crippen LogP contribution in [0.3, 0.4) is 0 Å². The molecular weight excluding hydrogens is 202 g/mol. The molecule has 0 unspecified atom stereocenters. The highest BCUT2D eigenvalue weighted by Crippen LogP contribution is 2.26. The van der Waals surface area contributed by atoms with Gasteiger partial charge in [-0.25, -0.2) is 0 Å². The number of hydrogen-bond acceptors (Lipinski definition) is 2. The van der Waals surface area contributed by atoms with Crippen LogP contribution >= 0.6 is 0 Å². The molecule has 1 saturated heterocycles. The van der Waals surface area contributed by atoms with Gasteiger partial charge in [0.15, 0.2) is 0 Å². The van der Waals surface area contributed by atoms with E-state index in [0.717, 1.165) is 37.1 Å². The van der Waals surface area contributed by atoms with Crippen LogP contribution in [-0.4, -0.2) is 19.6 Å². The van der Waals surface area contributed by atoms with Gasteiger partial charge in [0, 0.05) is 6.54 Å². The van der Waals surface area contributed by atoms with Crippen molar-refractivity contribution in [3.63, 3.8) is 0 Å². The minimum atomic E-state index is -0.0161. The molecule has 1 aliphatic heterocycles. The predicted octanol–water partition coefficient (Wildman–Crippen LogP) is 2.08. The summed E-state index contributed by atoms with van der Waals surface area (Å²) in [6.45, 7) is 0.805. The molecule has 1 atom stereocenters. The number of hydrogen-bond donors (Lipinski definition) is 1. The van der Waals surface area contributed by atoms with Crippen molar-refractivity contribution in [2.24, 2.45) is 0 Å². The number of carbonyl (C=O) groups excluding carboxylic acids is 1. The molecule has 16 heavy (non-hydrogen) atoms. The molecule has 1 aromatic carbocycles. The summed E-state index contributed by atoms with van der Waals surface area (Å²) in [5.74, 6) is 0.943. The number of rotatable bonds is 2. The highest BCUT2D eigenvalue weighted by molar-refractivity contribution is 5.83. The highest BCUT2D eigenvalue weighted by Gasteiger charge is 2.22. The first-order valence-electron chi connectivity index (χ1n) is 5.73. The number of ether oxygens (including phenoxy) is 1. The van der Waals surface area contributed by atoms with E-state index in [9.17, 15) is 4.79 Å². The number of methoxy groups -OCH3 is 1. The zero-order valence-electron chi connectivity index (χ0n) is 9.53. The van der Waals surface area contributed by atoms with Crippen LogP contribution < -0.4 is 10.1 Å². The molecular formula is C13H17NO2. The summed E-state index contributed by atoms with van der Waals surface area (Å²) < 4.78 is 5.18. The molecule has 86 valence electrons. The molecule has 2 rings (SSSR count). The van der Waals surface area contributed by atoms with E-state index in [4.69, 9.17) is 4.74 Å². The van der Waals surface area contributed by atoms with Gasteiger partial charge in [0.05, 0.1) is 13.0 Å². The van der Waals surface area contributed by atoms with Gasteiger partial charge in [-0.15, -0.1) is 0 Å². The molecule has 0 saturated carbocycles. The van der Waals surface area contributed by atoms with Crippen molar-refractivity contribution in [1.82, 2.24) is 5.32 Å². The monoisotopic (exact) mass is 219 g/mol. The van der Waals surface area contributed by atoms with Crippen LogP contribution in [0.4, 0.5) is 0 Å². The van der Waals surface area contributed by atoms with Gasteiger partial charge in [-0.05, 0) is 30.5 Å². The number of amides is 1. The average molecular weight is 219 g/mol. The maximum atomic E-state index is 11.9. The van der Waals surface area contributed by atoms with Crippen molar-refractivity contribution >= 4 is 5.91 Å². The van der Waals surface area contributed by atoms with E-state index < -0.39 is 0 Å². The maximum absolute atomic E-state index is 11.9. The standard InChI is InChI=1S/C13H17NO2/c1-16-11-6-4-5-10(9-11)12-7-2-3-8-14-13(12)15/h4-6,9,12H,2-3,7-8H2,1H3,(H,14,15)/t12-/m1/s1. The van der Waals surface area contributed by atoms with Crippen molar-refractivity contribution in [1.29, 1.82) is 0 Å². The first kappa shape index (κ1) is 11.0. The predicted molar refractivity (Wildman–Crippen MR) is 62.6 cm³/mol. The molecule has 0 aliphatic carbocycles. The van der Waals surface area contributed by atoms with Gasteiger partial charge in [-0.2, -0.15) is 0 Å². The second-order valence-corrected chi connectivity index (χ2v) is 4.12. The molecule has 1 aliphatic rings. The molecule has 0 bridgehead atoms. The SMILES string of the molecule is COc1cccc([C@H]2CCCCNC2=O)c1. The summed E-state index contributed by atoms with van der Waals surface area (Å²) in [4.78, 5) is 11.9. The first-order valence-corrected chi connectivity index (χ1v) is 5.73. The fraction of sp³-hybridized carbons (Fsp3) is 0.462. The molecule has 3 heteroatoms. The molecule has 1 amide bonds. The lowest BCUT2D eigenvalue weighted by Gasteiger charge is -2.14. The van der Waals surface area contributed by atoms with Crippen LogP contribution in [0.5, 0.6) is 5.75 Å². The van der Waals surface area contributed by atoms with E-state index in [0.29, 0.717) is 0 Å². The summed E-state index contributed by atoms with van der Waals surface area (Å²) in [6, 6.07) is 7.79. The maximum Gasteiger partial charge on any atom is 0.227 e. The van der Waals surface area contributed by atoms with E-state index in [-0.39, 0.29) is 11.8 Å². The molecule has 1 aromatic rings. The molecule has 1 fully saturated rings. The van der Waals surface area contributed by atoms with Crippen LogP contribution in [0.1, 0.15) is 30.7 Å². The van der Waals surface area contributed by atoms with Crippen LogP contribution in [0.15, 0.2) is 24.3 Å². The Bertz CT molecular complexity index is 376. The minimum absolute atomic E-state index is 0.0161. The Hall–Kier alpha value is -1.51. The number of carbonyl (C=O) groups is 1. The number of nitrogens with one attached hydrogen (secondary N) is 1. The largest absolute Gasteiger partial charge is 0.497 e. The van der Waals surface area contributed by atoms with Crippen LogP contribution in [0, 0.1) is 0 Å². The summed E-state index contributed by atoms with van der Waals surface area (Å²) in [6.07, 6.45) is 3.10. The van der Waals surface area contributed by atoms with Crippen molar-refractivity contribution in [3.05, 3.63) is 29.8 Å². The second-order valence-electron chi connectivity index (χ2n) is 4.12. The smallest absolute Gasteiger partial charge is 0.227 e. The highest BCUT2D eigenvalue weighted by atomic mass is 16.5. The lowest BCUT2D eigenvalue weighted by Crippen LogP contribution is -2.27. The topological polar surface area (TPSA) is 38.3 Å². The summed E-state index contributed by atoms with van der Waals surface area (Å²) in [5.41, 5.74) is 1.05. The third-order valence-electron chi connectivity index (χ3n) is 3.03. The van der Waals surface area contributed by atoms with E-state index in [1.165, 1.54) is 0 Å². The Labute approximate surface area is 95.8 Å². The van der Waals surface area contributed by atoms with Gasteiger partial charge in [-0.3, -0.25) is 4.79 Å². The number of benzene rings is 1. The summed E-state index contributed by atoms with van der Waals surface area (Å²) in [7, 11) is 1.65.